The van der Waals surface area contributed by atoms with E-state index in [1.807, 2.05) is 12.0 Å². The van der Waals surface area contributed by atoms with Crippen molar-refractivity contribution in [2.75, 3.05) is 0 Å². The molecule has 15 heavy (non-hydrogen) atoms. The van der Waals surface area contributed by atoms with Gasteiger partial charge >= 0.3 is 5.97 Å². The van der Waals surface area contributed by atoms with Gasteiger partial charge in [0.15, 0.2) is 0 Å². The Bertz CT molecular complexity index is 238. The van der Waals surface area contributed by atoms with E-state index in [1.165, 1.54) is 6.08 Å². The molecule has 0 bridgehead atoms. The Kier molecular flexibility index (Phi) is 4.33. The molecule has 0 N–H and O–H groups in total. The third-order valence-corrected chi connectivity index (χ3v) is 2.85. The van der Waals surface area contributed by atoms with Gasteiger partial charge in [0.2, 0.25) is 0 Å². The van der Waals surface area contributed by atoms with Crippen LogP contribution in [-0.4, -0.2) is 23.1 Å². The molecule has 2 unspecified atom stereocenters. The van der Waals surface area contributed by atoms with Crippen LogP contribution in [0.2, 0.25) is 0 Å². The topological polar surface area (TPSA) is 29.5 Å². The van der Waals surface area contributed by atoms with Crippen LogP contribution in [0.25, 0.3) is 0 Å². The van der Waals surface area contributed by atoms with Gasteiger partial charge in [0.05, 0.1) is 0 Å². The van der Waals surface area contributed by atoms with Crippen molar-refractivity contribution in [1.82, 2.24) is 5.06 Å². The molecule has 0 amide bonds. The number of carbonyl (C=O) groups is 1. The molecule has 1 fully saturated rings. The molecule has 3 nitrogen and oxygen atoms in total. The molecular formula is C12H21NO2. The molecule has 0 saturated carbocycles. The molecule has 0 aromatic carbocycles. The monoisotopic (exact) mass is 211 g/mol. The van der Waals surface area contributed by atoms with Crippen molar-refractivity contribution < 1.29 is 9.63 Å². The van der Waals surface area contributed by atoms with Crippen LogP contribution in [0.5, 0.6) is 0 Å². The van der Waals surface area contributed by atoms with Crippen molar-refractivity contribution in [3.63, 3.8) is 0 Å². The van der Waals surface area contributed by atoms with Gasteiger partial charge in [-0.15, -0.1) is 5.06 Å². The molecule has 0 aromatic rings. The first-order valence-corrected chi connectivity index (χ1v) is 5.67. The maximum atomic E-state index is 11.3. The van der Waals surface area contributed by atoms with Crippen LogP contribution in [-0.2, 0) is 9.63 Å². The van der Waals surface area contributed by atoms with Gasteiger partial charge in [-0.2, -0.15) is 0 Å². The fourth-order valence-corrected chi connectivity index (χ4v) is 2.35. The minimum Gasteiger partial charge on any atom is -0.364 e. The second-order valence-corrected chi connectivity index (χ2v) is 4.54. The number of nitrogens with zero attached hydrogens (tertiary/aromatic N) is 1. The zero-order valence-corrected chi connectivity index (χ0v) is 10.1. The molecular weight excluding hydrogens is 190 g/mol. The highest BCUT2D eigenvalue weighted by atomic mass is 16.7. The summed E-state index contributed by atoms with van der Waals surface area (Å²) in [7, 11) is 0. The molecule has 0 radical (unpaired) electrons. The van der Waals surface area contributed by atoms with E-state index in [0.717, 1.165) is 12.8 Å². The Balaban J connectivity index is 2.56. The van der Waals surface area contributed by atoms with E-state index in [4.69, 9.17) is 4.84 Å². The highest BCUT2D eigenvalue weighted by molar-refractivity contribution is 5.81. The molecule has 2 atom stereocenters. The average Bonchev–Trinajstić information content (AvgIpc) is 2.11. The molecule has 1 rings (SSSR count). The average molecular weight is 211 g/mol. The standard InChI is InChI=1S/C12H21NO2/c1-5-6-12(14)15-13-10(3)7-9(2)8-11(13)4/h5-6,9-11H,7-8H2,1-4H3/b6-5+. The highest BCUT2D eigenvalue weighted by Crippen LogP contribution is 2.27. The molecule has 0 aromatic heterocycles. The zero-order chi connectivity index (χ0) is 11.4. The van der Waals surface area contributed by atoms with Crippen LogP contribution in [0.15, 0.2) is 12.2 Å². The van der Waals surface area contributed by atoms with Crippen molar-refractivity contribution in [2.24, 2.45) is 5.92 Å². The summed E-state index contributed by atoms with van der Waals surface area (Å²) in [5, 5.41) is 1.84. The van der Waals surface area contributed by atoms with Crippen molar-refractivity contribution >= 4 is 5.97 Å². The van der Waals surface area contributed by atoms with Crippen molar-refractivity contribution in [2.45, 2.75) is 52.6 Å². The van der Waals surface area contributed by atoms with Gasteiger partial charge in [-0.3, -0.25) is 0 Å². The van der Waals surface area contributed by atoms with Crippen molar-refractivity contribution in [1.29, 1.82) is 0 Å². The summed E-state index contributed by atoms with van der Waals surface area (Å²) in [4.78, 5) is 16.6. The summed E-state index contributed by atoms with van der Waals surface area (Å²) in [5.41, 5.74) is 0. The molecule has 86 valence electrons. The minimum absolute atomic E-state index is 0.272. The van der Waals surface area contributed by atoms with Crippen LogP contribution in [0.3, 0.4) is 0 Å². The van der Waals surface area contributed by atoms with E-state index in [9.17, 15) is 4.79 Å². The first-order chi connectivity index (χ1) is 7.04. The number of carbonyl (C=O) groups excluding carboxylic acids is 1. The lowest BCUT2D eigenvalue weighted by atomic mass is 9.90. The lowest BCUT2D eigenvalue weighted by Crippen LogP contribution is -2.46. The zero-order valence-electron chi connectivity index (χ0n) is 10.1. The van der Waals surface area contributed by atoms with E-state index in [0.29, 0.717) is 18.0 Å². The van der Waals surface area contributed by atoms with Crippen LogP contribution in [0.4, 0.5) is 0 Å². The quantitative estimate of drug-likeness (QED) is 0.657. The van der Waals surface area contributed by atoms with E-state index in [2.05, 4.69) is 20.8 Å². The highest BCUT2D eigenvalue weighted by Gasteiger charge is 2.31. The van der Waals surface area contributed by atoms with Crippen molar-refractivity contribution in [3.05, 3.63) is 12.2 Å². The van der Waals surface area contributed by atoms with Gasteiger partial charge in [0.25, 0.3) is 0 Å². The SMILES string of the molecule is C/C=C/C(=O)ON1C(C)CC(C)CC1C. The molecule has 0 aliphatic carbocycles. The normalized spacial score (nSPS) is 33.2. The molecule has 1 aliphatic heterocycles. The van der Waals surface area contributed by atoms with Crippen LogP contribution in [0.1, 0.15) is 40.5 Å². The minimum atomic E-state index is -0.272. The summed E-state index contributed by atoms with van der Waals surface area (Å²) in [6, 6.07) is 0.635. The fraction of sp³-hybridized carbons (Fsp3) is 0.750. The summed E-state index contributed by atoms with van der Waals surface area (Å²) >= 11 is 0. The van der Waals surface area contributed by atoms with E-state index >= 15 is 0 Å². The first-order valence-electron chi connectivity index (χ1n) is 5.67. The van der Waals surface area contributed by atoms with Crippen LogP contribution in [0, 0.1) is 5.92 Å². The molecule has 1 saturated heterocycles. The number of hydrogen-bond acceptors (Lipinski definition) is 3. The van der Waals surface area contributed by atoms with E-state index in [1.54, 1.807) is 6.08 Å². The Morgan fingerprint density at radius 1 is 1.27 bits per heavy atom. The van der Waals surface area contributed by atoms with E-state index in [-0.39, 0.29) is 5.97 Å². The Hall–Kier alpha value is -0.830. The summed E-state index contributed by atoms with van der Waals surface area (Å²) < 4.78 is 0. The van der Waals surface area contributed by atoms with Gasteiger partial charge in [0, 0.05) is 18.2 Å². The van der Waals surface area contributed by atoms with Gasteiger partial charge < -0.3 is 4.84 Å². The van der Waals surface area contributed by atoms with Crippen LogP contribution < -0.4 is 0 Å². The largest absolute Gasteiger partial charge is 0.364 e. The lowest BCUT2D eigenvalue weighted by Gasteiger charge is -2.39. The number of piperidine rings is 1. The maximum Gasteiger partial charge on any atom is 0.349 e. The van der Waals surface area contributed by atoms with Crippen LogP contribution >= 0.6 is 0 Å². The summed E-state index contributed by atoms with van der Waals surface area (Å²) in [6.45, 7) is 8.27. The predicted molar refractivity (Wildman–Crippen MR) is 60.1 cm³/mol. The maximum absolute atomic E-state index is 11.3. The second-order valence-electron chi connectivity index (χ2n) is 4.54. The van der Waals surface area contributed by atoms with Gasteiger partial charge in [-0.05, 0) is 39.5 Å². The molecule has 0 spiro atoms. The smallest absolute Gasteiger partial charge is 0.349 e. The third kappa shape index (κ3) is 3.34. The number of hydrogen-bond donors (Lipinski definition) is 0. The Labute approximate surface area is 92.0 Å². The molecule has 3 heteroatoms. The van der Waals surface area contributed by atoms with Gasteiger partial charge in [-0.25, -0.2) is 4.79 Å². The molecule has 1 aliphatic rings. The summed E-state index contributed by atoms with van der Waals surface area (Å²) in [6.07, 6.45) is 5.34. The number of allylic oxidation sites excluding steroid dienone is 1. The third-order valence-electron chi connectivity index (χ3n) is 2.85. The number of hydroxylamine groups is 2. The first kappa shape index (κ1) is 12.2. The van der Waals surface area contributed by atoms with Crippen molar-refractivity contribution in [3.8, 4) is 0 Å². The Morgan fingerprint density at radius 2 is 1.80 bits per heavy atom. The fourth-order valence-electron chi connectivity index (χ4n) is 2.35. The van der Waals surface area contributed by atoms with Gasteiger partial charge in [0.1, 0.15) is 0 Å². The predicted octanol–water partition coefficient (Wildman–Crippen LogP) is 2.53. The number of rotatable bonds is 2. The second kappa shape index (κ2) is 5.31. The van der Waals surface area contributed by atoms with E-state index < -0.39 is 0 Å². The Morgan fingerprint density at radius 3 is 2.27 bits per heavy atom. The lowest BCUT2D eigenvalue weighted by molar-refractivity contribution is -0.218. The van der Waals surface area contributed by atoms with Gasteiger partial charge in [-0.1, -0.05) is 13.0 Å². The summed E-state index contributed by atoms with van der Waals surface area (Å²) in [5.74, 6) is 0.442. The molecule has 1 heterocycles.